The van der Waals surface area contributed by atoms with Gasteiger partial charge >= 0.3 is 6.03 Å². The molecule has 2 rings (SSSR count). The molecule has 1 aliphatic heterocycles. The Labute approximate surface area is 126 Å². The summed E-state index contributed by atoms with van der Waals surface area (Å²) in [6.45, 7) is 4.86. The topological polar surface area (TPSA) is 41.6 Å². The average molecular weight is 316 g/mol. The molecule has 1 fully saturated rings. The van der Waals surface area contributed by atoms with Gasteiger partial charge in [-0.3, -0.25) is 0 Å². The number of hydrogen-bond donors (Lipinski definition) is 1. The highest BCUT2D eigenvalue weighted by Crippen LogP contribution is 2.27. The lowest BCUT2D eigenvalue weighted by molar-refractivity contribution is -0.0530. The summed E-state index contributed by atoms with van der Waals surface area (Å²) in [6.07, 6.45) is -0.0274. The van der Waals surface area contributed by atoms with E-state index in [0.717, 1.165) is 0 Å². The molecule has 1 aromatic rings. The molecule has 116 valence electrons. The quantitative estimate of drug-likeness (QED) is 0.866. The molecule has 2 atom stereocenters. The Balaban J connectivity index is 1.99. The van der Waals surface area contributed by atoms with E-state index in [4.69, 9.17) is 4.74 Å². The van der Waals surface area contributed by atoms with E-state index in [1.807, 2.05) is 13.8 Å². The number of carbonyl (C=O) groups is 1. The molecule has 0 saturated carbocycles. The van der Waals surface area contributed by atoms with Crippen molar-refractivity contribution >= 4 is 23.5 Å². The van der Waals surface area contributed by atoms with Crippen LogP contribution in [0, 0.1) is 0 Å². The molecule has 0 radical (unpaired) electrons. The summed E-state index contributed by atoms with van der Waals surface area (Å²) in [6, 6.07) is 6.22. The van der Waals surface area contributed by atoms with Crippen molar-refractivity contribution < 1.29 is 18.3 Å². The summed E-state index contributed by atoms with van der Waals surface area (Å²) in [7, 11) is 0. The molecule has 1 heterocycles. The van der Waals surface area contributed by atoms with Crippen molar-refractivity contribution in [2.75, 3.05) is 18.4 Å². The zero-order chi connectivity index (χ0) is 15.4. The van der Waals surface area contributed by atoms with Crippen LogP contribution in [0.1, 0.15) is 13.8 Å². The maximum absolute atomic E-state index is 12.3. The summed E-state index contributed by atoms with van der Waals surface area (Å²) >= 11 is 0.458. The van der Waals surface area contributed by atoms with Gasteiger partial charge in [0.15, 0.2) is 0 Å². The molecule has 0 bridgehead atoms. The standard InChI is InChI=1S/C14H18F2N2O2S/c1-9-7-18(8-10(2)20-9)14(19)17-11-4-3-5-12(6-11)21-13(15)16/h3-6,9-10,13H,7-8H2,1-2H3,(H,17,19). The number of ether oxygens (including phenoxy) is 1. The minimum absolute atomic E-state index is 0.0137. The number of urea groups is 1. The third-order valence-corrected chi connectivity index (χ3v) is 3.72. The van der Waals surface area contributed by atoms with Gasteiger partial charge in [-0.05, 0) is 32.0 Å². The third-order valence-electron chi connectivity index (χ3n) is 3.02. The van der Waals surface area contributed by atoms with Gasteiger partial charge in [0.05, 0.1) is 12.2 Å². The SMILES string of the molecule is CC1CN(C(=O)Nc2cccc(SC(F)F)c2)CC(C)O1. The average Bonchev–Trinajstić information content (AvgIpc) is 2.37. The van der Waals surface area contributed by atoms with Crippen LogP contribution < -0.4 is 5.32 Å². The van der Waals surface area contributed by atoms with Crippen LogP contribution in [0.25, 0.3) is 0 Å². The van der Waals surface area contributed by atoms with Gasteiger partial charge in [0, 0.05) is 23.7 Å². The number of rotatable bonds is 3. The highest BCUT2D eigenvalue weighted by atomic mass is 32.2. The van der Waals surface area contributed by atoms with E-state index in [0.29, 0.717) is 35.4 Å². The maximum Gasteiger partial charge on any atom is 0.322 e. The van der Waals surface area contributed by atoms with Gasteiger partial charge in [-0.25, -0.2) is 4.79 Å². The van der Waals surface area contributed by atoms with Gasteiger partial charge in [0.1, 0.15) is 0 Å². The second kappa shape index (κ2) is 7.09. The number of halogens is 2. The molecular formula is C14H18F2N2O2S. The molecule has 1 aromatic carbocycles. The fourth-order valence-electron chi connectivity index (χ4n) is 2.30. The number of morpholine rings is 1. The fraction of sp³-hybridized carbons (Fsp3) is 0.500. The lowest BCUT2D eigenvalue weighted by Gasteiger charge is -2.35. The van der Waals surface area contributed by atoms with Gasteiger partial charge < -0.3 is 15.0 Å². The minimum atomic E-state index is -2.48. The first kappa shape index (κ1) is 16.0. The molecule has 0 aliphatic carbocycles. The molecule has 4 nitrogen and oxygen atoms in total. The highest BCUT2D eigenvalue weighted by Gasteiger charge is 2.25. The van der Waals surface area contributed by atoms with Gasteiger partial charge in [-0.1, -0.05) is 17.8 Å². The molecular weight excluding hydrogens is 298 g/mol. The normalized spacial score (nSPS) is 22.4. The molecule has 2 unspecified atom stereocenters. The lowest BCUT2D eigenvalue weighted by Crippen LogP contribution is -2.49. The summed E-state index contributed by atoms with van der Waals surface area (Å²) in [5.41, 5.74) is 0.512. The van der Waals surface area contributed by atoms with Gasteiger partial charge in [0.25, 0.3) is 5.76 Å². The van der Waals surface area contributed by atoms with E-state index in [2.05, 4.69) is 5.32 Å². The van der Waals surface area contributed by atoms with Crippen molar-refractivity contribution in [3.8, 4) is 0 Å². The van der Waals surface area contributed by atoms with Gasteiger partial charge in [0.2, 0.25) is 0 Å². The van der Waals surface area contributed by atoms with Crippen LogP contribution >= 0.6 is 11.8 Å². The van der Waals surface area contributed by atoms with E-state index in [-0.39, 0.29) is 18.2 Å². The molecule has 0 spiro atoms. The molecule has 0 aromatic heterocycles. The van der Waals surface area contributed by atoms with Crippen molar-refractivity contribution in [3.05, 3.63) is 24.3 Å². The Bertz CT molecular complexity index is 492. The van der Waals surface area contributed by atoms with Crippen LogP contribution in [-0.4, -0.2) is 42.0 Å². The molecule has 21 heavy (non-hydrogen) atoms. The highest BCUT2D eigenvalue weighted by molar-refractivity contribution is 7.99. The molecule has 1 saturated heterocycles. The maximum atomic E-state index is 12.3. The van der Waals surface area contributed by atoms with Gasteiger partial charge in [-0.2, -0.15) is 8.78 Å². The summed E-state index contributed by atoms with van der Waals surface area (Å²) < 4.78 is 30.3. The minimum Gasteiger partial charge on any atom is -0.372 e. The van der Waals surface area contributed by atoms with Crippen LogP contribution in [0.3, 0.4) is 0 Å². The Hall–Kier alpha value is -1.34. The van der Waals surface area contributed by atoms with Crippen LogP contribution in [0.15, 0.2) is 29.2 Å². The number of nitrogens with one attached hydrogen (secondary N) is 1. The van der Waals surface area contributed by atoms with Crippen molar-refractivity contribution in [2.45, 2.75) is 36.7 Å². The third kappa shape index (κ3) is 4.86. The fourth-order valence-corrected chi connectivity index (χ4v) is 2.85. The largest absolute Gasteiger partial charge is 0.372 e. The summed E-state index contributed by atoms with van der Waals surface area (Å²) in [5, 5.41) is 2.74. The number of thioether (sulfide) groups is 1. The molecule has 7 heteroatoms. The van der Waals surface area contributed by atoms with Crippen molar-refractivity contribution in [3.63, 3.8) is 0 Å². The summed E-state index contributed by atoms with van der Waals surface area (Å²) in [4.78, 5) is 14.3. The first-order chi connectivity index (χ1) is 9.94. The van der Waals surface area contributed by atoms with E-state index < -0.39 is 5.76 Å². The Kier molecular flexibility index (Phi) is 5.41. The van der Waals surface area contributed by atoms with Gasteiger partial charge in [-0.15, -0.1) is 0 Å². The molecule has 2 amide bonds. The van der Waals surface area contributed by atoms with Crippen molar-refractivity contribution in [1.82, 2.24) is 4.90 Å². The molecule has 1 aliphatic rings. The van der Waals surface area contributed by atoms with Crippen LogP contribution in [-0.2, 0) is 4.74 Å². The second-order valence-corrected chi connectivity index (χ2v) is 6.06. The Morgan fingerprint density at radius 1 is 1.38 bits per heavy atom. The van der Waals surface area contributed by atoms with Crippen molar-refractivity contribution in [1.29, 1.82) is 0 Å². The predicted octanol–water partition coefficient (Wildman–Crippen LogP) is 3.64. The number of benzene rings is 1. The lowest BCUT2D eigenvalue weighted by atomic mass is 10.2. The van der Waals surface area contributed by atoms with Crippen LogP contribution in [0.5, 0.6) is 0 Å². The first-order valence-corrected chi connectivity index (χ1v) is 7.58. The van der Waals surface area contributed by atoms with Crippen LogP contribution in [0.4, 0.5) is 19.3 Å². The number of anilines is 1. The second-order valence-electron chi connectivity index (χ2n) is 5.00. The van der Waals surface area contributed by atoms with E-state index in [1.54, 1.807) is 29.2 Å². The van der Waals surface area contributed by atoms with Crippen LogP contribution in [0.2, 0.25) is 0 Å². The number of carbonyl (C=O) groups excluding carboxylic acids is 1. The Morgan fingerprint density at radius 3 is 2.67 bits per heavy atom. The number of hydrogen-bond acceptors (Lipinski definition) is 3. The van der Waals surface area contributed by atoms with E-state index >= 15 is 0 Å². The van der Waals surface area contributed by atoms with E-state index in [1.165, 1.54) is 0 Å². The number of nitrogens with zero attached hydrogens (tertiary/aromatic N) is 1. The zero-order valence-electron chi connectivity index (χ0n) is 11.9. The first-order valence-electron chi connectivity index (χ1n) is 6.70. The zero-order valence-corrected chi connectivity index (χ0v) is 12.7. The van der Waals surface area contributed by atoms with Crippen molar-refractivity contribution in [2.24, 2.45) is 0 Å². The smallest absolute Gasteiger partial charge is 0.322 e. The number of alkyl halides is 2. The monoisotopic (exact) mass is 316 g/mol. The predicted molar refractivity (Wildman–Crippen MR) is 78.9 cm³/mol. The van der Waals surface area contributed by atoms with E-state index in [9.17, 15) is 13.6 Å². The summed E-state index contributed by atoms with van der Waals surface area (Å²) in [5.74, 6) is -2.48. The number of amides is 2. The Morgan fingerprint density at radius 2 is 2.05 bits per heavy atom. The molecule has 1 N–H and O–H groups in total.